The van der Waals surface area contributed by atoms with Gasteiger partial charge in [-0.05, 0) is 55.3 Å². The predicted molar refractivity (Wildman–Crippen MR) is 107 cm³/mol. The van der Waals surface area contributed by atoms with Crippen molar-refractivity contribution in [3.8, 4) is 5.75 Å². The van der Waals surface area contributed by atoms with Crippen LogP contribution >= 0.6 is 0 Å². The lowest BCUT2D eigenvalue weighted by Gasteiger charge is -2.17. The normalized spacial score (nSPS) is 16.4. The van der Waals surface area contributed by atoms with Gasteiger partial charge in [0.2, 0.25) is 11.8 Å². The first-order valence-electron chi connectivity index (χ1n) is 9.47. The summed E-state index contributed by atoms with van der Waals surface area (Å²) in [6.45, 7) is 5.22. The van der Waals surface area contributed by atoms with Crippen LogP contribution in [0.25, 0.3) is 0 Å². The largest absolute Gasteiger partial charge is 0.494 e. The van der Waals surface area contributed by atoms with Crippen LogP contribution in [0.15, 0.2) is 48.5 Å². The van der Waals surface area contributed by atoms with E-state index >= 15 is 0 Å². The summed E-state index contributed by atoms with van der Waals surface area (Å²) < 4.78 is 5.63. The Morgan fingerprint density at radius 1 is 1.22 bits per heavy atom. The van der Waals surface area contributed by atoms with Crippen molar-refractivity contribution in [1.82, 2.24) is 0 Å². The van der Waals surface area contributed by atoms with Gasteiger partial charge in [0.1, 0.15) is 5.75 Å². The zero-order chi connectivity index (χ0) is 19.2. The Morgan fingerprint density at radius 2 is 2.00 bits per heavy atom. The van der Waals surface area contributed by atoms with Gasteiger partial charge < -0.3 is 15.0 Å². The maximum Gasteiger partial charge on any atom is 0.229 e. The van der Waals surface area contributed by atoms with Crippen molar-refractivity contribution in [3.05, 3.63) is 54.1 Å². The van der Waals surface area contributed by atoms with E-state index in [0.29, 0.717) is 18.8 Å². The molecular weight excluding hydrogens is 340 g/mol. The molecule has 1 N–H and O–H groups in total. The third kappa shape index (κ3) is 4.88. The molecule has 142 valence electrons. The van der Waals surface area contributed by atoms with Gasteiger partial charge in [-0.25, -0.2) is 0 Å². The third-order valence-electron chi connectivity index (χ3n) is 4.70. The summed E-state index contributed by atoms with van der Waals surface area (Å²) in [5.74, 6) is 0.306. The molecule has 0 spiro atoms. The molecule has 3 rings (SSSR count). The number of nitrogens with zero attached hydrogens (tertiary/aromatic N) is 1. The number of carbonyl (C=O) groups excluding carboxylic acids is 2. The number of rotatable bonds is 7. The minimum Gasteiger partial charge on any atom is -0.494 e. The van der Waals surface area contributed by atoms with Crippen molar-refractivity contribution in [2.45, 2.75) is 33.1 Å². The number of nitrogens with one attached hydrogen (secondary N) is 1. The zero-order valence-electron chi connectivity index (χ0n) is 15.9. The van der Waals surface area contributed by atoms with E-state index in [0.717, 1.165) is 29.8 Å². The lowest BCUT2D eigenvalue weighted by atomic mass is 10.1. The van der Waals surface area contributed by atoms with Gasteiger partial charge in [-0.1, -0.05) is 25.5 Å². The van der Waals surface area contributed by atoms with E-state index in [1.807, 2.05) is 55.5 Å². The van der Waals surface area contributed by atoms with Gasteiger partial charge in [0.25, 0.3) is 0 Å². The molecule has 0 unspecified atom stereocenters. The second-order valence-corrected chi connectivity index (χ2v) is 6.96. The summed E-state index contributed by atoms with van der Waals surface area (Å²) in [6.07, 6.45) is 2.34. The van der Waals surface area contributed by atoms with Crippen LogP contribution in [0, 0.1) is 12.8 Å². The number of ether oxygens (including phenoxy) is 1. The van der Waals surface area contributed by atoms with E-state index in [-0.39, 0.29) is 24.2 Å². The first kappa shape index (κ1) is 19.0. The quantitative estimate of drug-likeness (QED) is 0.749. The van der Waals surface area contributed by atoms with E-state index < -0.39 is 0 Å². The summed E-state index contributed by atoms with van der Waals surface area (Å²) in [6, 6.07) is 15.1. The van der Waals surface area contributed by atoms with Crippen LogP contribution in [0.2, 0.25) is 0 Å². The minimum atomic E-state index is -0.349. The third-order valence-corrected chi connectivity index (χ3v) is 4.70. The Morgan fingerprint density at radius 3 is 2.70 bits per heavy atom. The Bertz CT molecular complexity index is 801. The Balaban J connectivity index is 1.58. The van der Waals surface area contributed by atoms with Crippen LogP contribution < -0.4 is 15.0 Å². The summed E-state index contributed by atoms with van der Waals surface area (Å²) in [4.78, 5) is 26.6. The molecule has 0 bridgehead atoms. The van der Waals surface area contributed by atoms with Crippen molar-refractivity contribution >= 4 is 23.2 Å². The van der Waals surface area contributed by atoms with Crippen LogP contribution in [0.4, 0.5) is 11.4 Å². The Kier molecular flexibility index (Phi) is 6.12. The van der Waals surface area contributed by atoms with Gasteiger partial charge in [-0.2, -0.15) is 0 Å². The number of unbranched alkanes of at least 4 members (excludes halogenated alkanes) is 1. The fraction of sp³-hybridized carbons (Fsp3) is 0.364. The van der Waals surface area contributed by atoms with Crippen LogP contribution in [0.3, 0.4) is 0 Å². The first-order valence-corrected chi connectivity index (χ1v) is 9.47. The molecule has 27 heavy (non-hydrogen) atoms. The van der Waals surface area contributed by atoms with E-state index in [1.54, 1.807) is 4.90 Å². The predicted octanol–water partition coefficient (Wildman–Crippen LogP) is 4.17. The lowest BCUT2D eigenvalue weighted by molar-refractivity contribution is -0.122. The second-order valence-electron chi connectivity index (χ2n) is 6.96. The van der Waals surface area contributed by atoms with Crippen LogP contribution in [0.1, 0.15) is 31.7 Å². The minimum absolute atomic E-state index is 0.0135. The molecule has 1 fully saturated rings. The van der Waals surface area contributed by atoms with Gasteiger partial charge >= 0.3 is 0 Å². The molecule has 1 aliphatic rings. The van der Waals surface area contributed by atoms with Gasteiger partial charge in [0.15, 0.2) is 0 Å². The van der Waals surface area contributed by atoms with Crippen molar-refractivity contribution in [2.75, 3.05) is 23.4 Å². The molecule has 1 atom stereocenters. The highest BCUT2D eigenvalue weighted by Crippen LogP contribution is 2.27. The van der Waals surface area contributed by atoms with Crippen LogP contribution in [0.5, 0.6) is 5.75 Å². The van der Waals surface area contributed by atoms with Crippen molar-refractivity contribution < 1.29 is 14.3 Å². The average Bonchev–Trinajstić information content (AvgIpc) is 3.05. The molecule has 2 aromatic rings. The summed E-state index contributed by atoms with van der Waals surface area (Å²) in [5.41, 5.74) is 2.66. The average molecular weight is 366 g/mol. The number of anilines is 2. The molecule has 2 aromatic carbocycles. The molecule has 5 heteroatoms. The number of benzene rings is 2. The Labute approximate surface area is 160 Å². The summed E-state index contributed by atoms with van der Waals surface area (Å²) in [7, 11) is 0. The van der Waals surface area contributed by atoms with E-state index in [1.165, 1.54) is 0 Å². The summed E-state index contributed by atoms with van der Waals surface area (Å²) in [5, 5.41) is 2.91. The highest BCUT2D eigenvalue weighted by molar-refractivity contribution is 6.03. The van der Waals surface area contributed by atoms with Crippen LogP contribution in [-0.2, 0) is 9.59 Å². The number of hydrogen-bond donors (Lipinski definition) is 1. The topological polar surface area (TPSA) is 58.6 Å². The fourth-order valence-electron chi connectivity index (χ4n) is 3.14. The van der Waals surface area contributed by atoms with Gasteiger partial charge in [-0.3, -0.25) is 9.59 Å². The fourth-order valence-corrected chi connectivity index (χ4v) is 3.14. The van der Waals surface area contributed by atoms with Crippen molar-refractivity contribution in [3.63, 3.8) is 0 Å². The maximum atomic E-state index is 12.6. The monoisotopic (exact) mass is 366 g/mol. The first-order chi connectivity index (χ1) is 13.1. The zero-order valence-corrected chi connectivity index (χ0v) is 15.9. The van der Waals surface area contributed by atoms with Gasteiger partial charge in [-0.15, -0.1) is 0 Å². The van der Waals surface area contributed by atoms with E-state index in [2.05, 4.69) is 12.2 Å². The molecule has 5 nitrogen and oxygen atoms in total. The van der Waals surface area contributed by atoms with E-state index in [4.69, 9.17) is 4.74 Å². The highest BCUT2D eigenvalue weighted by Gasteiger charge is 2.35. The van der Waals surface area contributed by atoms with Crippen molar-refractivity contribution in [1.29, 1.82) is 0 Å². The molecule has 1 heterocycles. The SMILES string of the molecule is CCCCOc1ccc(NC(=O)[C@H]2CC(=O)N(c3cccc(C)c3)C2)cc1. The molecule has 1 saturated heterocycles. The van der Waals surface area contributed by atoms with Crippen molar-refractivity contribution in [2.24, 2.45) is 5.92 Å². The molecule has 0 aliphatic carbocycles. The van der Waals surface area contributed by atoms with Gasteiger partial charge in [0.05, 0.1) is 12.5 Å². The van der Waals surface area contributed by atoms with Crippen LogP contribution in [-0.4, -0.2) is 25.0 Å². The molecular formula is C22H26N2O3. The molecule has 0 radical (unpaired) electrons. The Hall–Kier alpha value is -2.82. The lowest BCUT2D eigenvalue weighted by Crippen LogP contribution is -2.28. The van der Waals surface area contributed by atoms with E-state index in [9.17, 15) is 9.59 Å². The number of aryl methyl sites for hydroxylation is 1. The number of amides is 2. The molecule has 1 aliphatic heterocycles. The van der Waals surface area contributed by atoms with Gasteiger partial charge in [0, 0.05) is 24.3 Å². The number of hydrogen-bond acceptors (Lipinski definition) is 3. The molecule has 0 saturated carbocycles. The molecule has 0 aromatic heterocycles. The molecule has 2 amide bonds. The summed E-state index contributed by atoms with van der Waals surface area (Å²) >= 11 is 0. The highest BCUT2D eigenvalue weighted by atomic mass is 16.5. The second kappa shape index (κ2) is 8.71. The maximum absolute atomic E-state index is 12.6. The number of carbonyl (C=O) groups is 2. The standard InChI is InChI=1S/C22H26N2O3/c1-3-4-12-27-20-10-8-18(9-11-20)23-22(26)17-14-21(25)24(15-17)19-7-5-6-16(2)13-19/h5-11,13,17H,3-4,12,14-15H2,1-2H3,(H,23,26)/t17-/m0/s1. The smallest absolute Gasteiger partial charge is 0.229 e.